The van der Waals surface area contributed by atoms with E-state index in [1.165, 1.54) is 6.07 Å². The summed E-state index contributed by atoms with van der Waals surface area (Å²) in [5.74, 6) is -1.58. The molecule has 1 aromatic carbocycles. The highest BCUT2D eigenvalue weighted by Crippen LogP contribution is 2.17. The Bertz CT molecular complexity index is 368. The minimum atomic E-state index is -0.612. The highest BCUT2D eigenvalue weighted by molar-refractivity contribution is 5.96. The van der Waals surface area contributed by atoms with E-state index < -0.39 is 23.5 Å². The predicted molar refractivity (Wildman–Crippen MR) is 52.1 cm³/mol. The normalized spacial score (nSPS) is 12.2. The van der Waals surface area contributed by atoms with E-state index in [1.54, 1.807) is 6.92 Å². The lowest BCUT2D eigenvalue weighted by Crippen LogP contribution is -2.35. The number of hydrogen-bond donors (Lipinski definition) is 3. The van der Waals surface area contributed by atoms with Gasteiger partial charge in [0.2, 0.25) is 0 Å². The number of phenols is 1. The van der Waals surface area contributed by atoms with Crippen molar-refractivity contribution in [2.24, 2.45) is 0 Å². The van der Waals surface area contributed by atoms with Gasteiger partial charge in [-0.25, -0.2) is 4.39 Å². The fourth-order valence-corrected chi connectivity index (χ4v) is 1.04. The van der Waals surface area contributed by atoms with Crippen molar-refractivity contribution < 1.29 is 19.4 Å². The van der Waals surface area contributed by atoms with Crippen LogP contribution < -0.4 is 5.32 Å². The van der Waals surface area contributed by atoms with Crippen LogP contribution in [-0.2, 0) is 0 Å². The molecule has 0 aromatic heterocycles. The van der Waals surface area contributed by atoms with Gasteiger partial charge < -0.3 is 15.5 Å². The zero-order valence-corrected chi connectivity index (χ0v) is 8.20. The molecule has 4 nitrogen and oxygen atoms in total. The van der Waals surface area contributed by atoms with Gasteiger partial charge in [0.25, 0.3) is 5.91 Å². The third-order valence-corrected chi connectivity index (χ3v) is 1.86. The van der Waals surface area contributed by atoms with E-state index in [0.717, 1.165) is 12.1 Å². The van der Waals surface area contributed by atoms with Crippen LogP contribution in [0.25, 0.3) is 0 Å². The number of carbonyl (C=O) groups excluding carboxylic acids is 1. The van der Waals surface area contributed by atoms with Crippen molar-refractivity contribution in [3.8, 4) is 5.75 Å². The van der Waals surface area contributed by atoms with Crippen molar-refractivity contribution in [1.82, 2.24) is 5.32 Å². The second-order valence-electron chi connectivity index (χ2n) is 3.22. The molecular weight excluding hydrogens is 201 g/mol. The average Bonchev–Trinajstić information content (AvgIpc) is 2.17. The molecule has 0 spiro atoms. The van der Waals surface area contributed by atoms with Gasteiger partial charge in [0.05, 0.1) is 12.2 Å². The lowest BCUT2D eigenvalue weighted by molar-refractivity contribution is 0.0919. The van der Waals surface area contributed by atoms with Crippen LogP contribution >= 0.6 is 0 Å². The molecule has 0 saturated carbocycles. The van der Waals surface area contributed by atoms with E-state index >= 15 is 0 Å². The molecule has 0 fully saturated rings. The number of benzene rings is 1. The summed E-state index contributed by atoms with van der Waals surface area (Å²) < 4.78 is 12.6. The highest BCUT2D eigenvalue weighted by atomic mass is 19.1. The average molecular weight is 213 g/mol. The van der Waals surface area contributed by atoms with Gasteiger partial charge in [-0.15, -0.1) is 0 Å². The maximum absolute atomic E-state index is 12.6. The summed E-state index contributed by atoms with van der Waals surface area (Å²) in [6.07, 6.45) is 0. The van der Waals surface area contributed by atoms with Crippen LogP contribution in [0.5, 0.6) is 5.75 Å². The van der Waals surface area contributed by atoms with Crippen LogP contribution in [-0.4, -0.2) is 28.8 Å². The number of aliphatic hydroxyl groups is 1. The molecule has 0 saturated heterocycles. The molecule has 1 aromatic rings. The SMILES string of the molecule is C[C@H](CO)NC(=O)c1ccc(F)cc1O. The van der Waals surface area contributed by atoms with Gasteiger partial charge in [-0.2, -0.15) is 0 Å². The van der Waals surface area contributed by atoms with Gasteiger partial charge in [0.1, 0.15) is 11.6 Å². The molecule has 0 radical (unpaired) electrons. The van der Waals surface area contributed by atoms with E-state index in [1.807, 2.05) is 0 Å². The van der Waals surface area contributed by atoms with E-state index in [0.29, 0.717) is 0 Å². The van der Waals surface area contributed by atoms with Crippen LogP contribution in [0.4, 0.5) is 4.39 Å². The fourth-order valence-electron chi connectivity index (χ4n) is 1.04. The van der Waals surface area contributed by atoms with Crippen LogP contribution in [0.1, 0.15) is 17.3 Å². The van der Waals surface area contributed by atoms with E-state index in [2.05, 4.69) is 5.32 Å². The molecule has 0 aliphatic heterocycles. The van der Waals surface area contributed by atoms with Crippen molar-refractivity contribution >= 4 is 5.91 Å². The molecule has 0 aliphatic carbocycles. The molecule has 82 valence electrons. The minimum Gasteiger partial charge on any atom is -0.507 e. The largest absolute Gasteiger partial charge is 0.507 e. The number of hydrogen-bond acceptors (Lipinski definition) is 3. The number of aromatic hydroxyl groups is 1. The van der Waals surface area contributed by atoms with Crippen LogP contribution in [0.15, 0.2) is 18.2 Å². The van der Waals surface area contributed by atoms with Crippen molar-refractivity contribution in [2.75, 3.05) is 6.61 Å². The Morgan fingerprint density at radius 3 is 2.80 bits per heavy atom. The number of nitrogens with one attached hydrogen (secondary N) is 1. The first-order valence-electron chi connectivity index (χ1n) is 4.45. The van der Waals surface area contributed by atoms with Crippen molar-refractivity contribution in [3.05, 3.63) is 29.6 Å². The van der Waals surface area contributed by atoms with Gasteiger partial charge in [-0.3, -0.25) is 4.79 Å². The first kappa shape index (κ1) is 11.5. The molecule has 1 rings (SSSR count). The lowest BCUT2D eigenvalue weighted by Gasteiger charge is -2.11. The Morgan fingerprint density at radius 2 is 2.27 bits per heavy atom. The molecule has 0 bridgehead atoms. The minimum absolute atomic E-state index is 0.0169. The first-order valence-corrected chi connectivity index (χ1v) is 4.45. The quantitative estimate of drug-likeness (QED) is 0.690. The molecule has 3 N–H and O–H groups in total. The van der Waals surface area contributed by atoms with Crippen molar-refractivity contribution in [1.29, 1.82) is 0 Å². The summed E-state index contributed by atoms with van der Waals surface area (Å²) in [6, 6.07) is 2.71. The Hall–Kier alpha value is -1.62. The van der Waals surface area contributed by atoms with Crippen molar-refractivity contribution in [2.45, 2.75) is 13.0 Å². The van der Waals surface area contributed by atoms with Gasteiger partial charge in [0, 0.05) is 12.1 Å². The van der Waals surface area contributed by atoms with Crippen LogP contribution in [0, 0.1) is 5.82 Å². The fraction of sp³-hybridized carbons (Fsp3) is 0.300. The molecule has 0 unspecified atom stereocenters. The number of amides is 1. The van der Waals surface area contributed by atoms with E-state index in [9.17, 15) is 14.3 Å². The second kappa shape index (κ2) is 4.75. The summed E-state index contributed by atoms with van der Waals surface area (Å²) in [5.41, 5.74) is -0.0169. The number of halogens is 1. The third kappa shape index (κ3) is 2.92. The summed E-state index contributed by atoms with van der Waals surface area (Å²) >= 11 is 0. The molecule has 15 heavy (non-hydrogen) atoms. The molecule has 1 amide bonds. The second-order valence-corrected chi connectivity index (χ2v) is 3.22. The Balaban J connectivity index is 2.82. The maximum atomic E-state index is 12.6. The number of aliphatic hydroxyl groups excluding tert-OH is 1. The molecule has 0 aliphatic rings. The predicted octanol–water partition coefficient (Wildman–Crippen LogP) is 0.642. The Labute approximate surface area is 86.4 Å². The van der Waals surface area contributed by atoms with Gasteiger partial charge >= 0.3 is 0 Å². The number of rotatable bonds is 3. The molecule has 5 heteroatoms. The molecule has 0 heterocycles. The number of carbonyl (C=O) groups is 1. The summed E-state index contributed by atoms with van der Waals surface area (Å²) in [5, 5.41) is 20.4. The van der Waals surface area contributed by atoms with E-state index in [-0.39, 0.29) is 12.2 Å². The zero-order valence-electron chi connectivity index (χ0n) is 8.20. The van der Waals surface area contributed by atoms with Crippen molar-refractivity contribution in [3.63, 3.8) is 0 Å². The smallest absolute Gasteiger partial charge is 0.255 e. The lowest BCUT2D eigenvalue weighted by atomic mass is 10.1. The summed E-state index contributed by atoms with van der Waals surface area (Å²) in [6.45, 7) is 1.41. The van der Waals surface area contributed by atoms with Crippen LogP contribution in [0.2, 0.25) is 0 Å². The van der Waals surface area contributed by atoms with Gasteiger partial charge in [-0.05, 0) is 19.1 Å². The third-order valence-electron chi connectivity index (χ3n) is 1.86. The standard InChI is InChI=1S/C10H12FNO3/c1-6(5-13)12-10(15)8-3-2-7(11)4-9(8)14/h2-4,6,13-14H,5H2,1H3,(H,12,15)/t6-/m1/s1. The Kier molecular flexibility index (Phi) is 3.62. The van der Waals surface area contributed by atoms with Crippen LogP contribution in [0.3, 0.4) is 0 Å². The number of phenolic OH excluding ortho intramolecular Hbond substituents is 1. The topological polar surface area (TPSA) is 69.6 Å². The van der Waals surface area contributed by atoms with Gasteiger partial charge in [-0.1, -0.05) is 0 Å². The first-order chi connectivity index (χ1) is 7.04. The molecule has 1 atom stereocenters. The monoisotopic (exact) mass is 213 g/mol. The van der Waals surface area contributed by atoms with Gasteiger partial charge in [0.15, 0.2) is 0 Å². The highest BCUT2D eigenvalue weighted by Gasteiger charge is 2.13. The van der Waals surface area contributed by atoms with E-state index in [4.69, 9.17) is 5.11 Å². The summed E-state index contributed by atoms with van der Waals surface area (Å²) in [7, 11) is 0. The zero-order chi connectivity index (χ0) is 11.4. The maximum Gasteiger partial charge on any atom is 0.255 e. The Morgan fingerprint density at radius 1 is 1.60 bits per heavy atom. The molecular formula is C10H12FNO3. The summed E-state index contributed by atoms with van der Waals surface area (Å²) in [4.78, 5) is 11.4.